The lowest BCUT2D eigenvalue weighted by Crippen LogP contribution is -2.27. The molecule has 3 aromatic carbocycles. The predicted molar refractivity (Wildman–Crippen MR) is 112 cm³/mol. The summed E-state index contributed by atoms with van der Waals surface area (Å²) in [5, 5.41) is 9.16. The molecule has 3 nitrogen and oxygen atoms in total. The van der Waals surface area contributed by atoms with Gasteiger partial charge in [-0.2, -0.15) is 0 Å². The molecule has 0 fully saturated rings. The summed E-state index contributed by atoms with van der Waals surface area (Å²) in [7, 11) is 0. The molecule has 1 aliphatic heterocycles. The maximum absolute atomic E-state index is 12.9. The normalized spacial score (nSPS) is 14.8. The maximum atomic E-state index is 12.9. The largest absolute Gasteiger partial charge is 0.345 e. The van der Waals surface area contributed by atoms with Crippen LogP contribution < -0.4 is 10.6 Å². The van der Waals surface area contributed by atoms with Gasteiger partial charge in [-0.3, -0.25) is 4.79 Å². The number of amides is 1. The van der Waals surface area contributed by atoms with Crippen LogP contribution in [0.4, 0.5) is 0 Å². The van der Waals surface area contributed by atoms with Crippen molar-refractivity contribution in [3.63, 3.8) is 0 Å². The van der Waals surface area contributed by atoms with Crippen LogP contribution in [-0.4, -0.2) is 19.0 Å². The molecule has 0 aliphatic carbocycles. The number of halogens is 1. The molecular formula is C23H21ClN2O. The van der Waals surface area contributed by atoms with Gasteiger partial charge < -0.3 is 10.6 Å². The topological polar surface area (TPSA) is 41.1 Å². The number of benzene rings is 3. The van der Waals surface area contributed by atoms with Crippen LogP contribution in [0, 0.1) is 0 Å². The smallest absolute Gasteiger partial charge is 0.253 e. The molecule has 0 saturated carbocycles. The second-order valence-corrected chi connectivity index (χ2v) is 7.23. The van der Waals surface area contributed by atoms with Crippen molar-refractivity contribution in [1.29, 1.82) is 0 Å². The van der Waals surface area contributed by atoms with Gasteiger partial charge in [0, 0.05) is 13.1 Å². The number of fused-ring (bicyclic) bond motifs is 1. The van der Waals surface area contributed by atoms with Gasteiger partial charge in [0.25, 0.3) is 5.91 Å². The van der Waals surface area contributed by atoms with Crippen LogP contribution in [0.3, 0.4) is 0 Å². The van der Waals surface area contributed by atoms with Crippen LogP contribution in [0.2, 0.25) is 5.02 Å². The zero-order valence-electron chi connectivity index (χ0n) is 15.1. The van der Waals surface area contributed by atoms with E-state index in [2.05, 4.69) is 41.0 Å². The summed E-state index contributed by atoms with van der Waals surface area (Å²) in [5.41, 5.74) is 3.83. The summed E-state index contributed by atoms with van der Waals surface area (Å²) in [6.07, 6.45) is 2.14. The van der Waals surface area contributed by atoms with E-state index in [1.807, 2.05) is 37.3 Å². The van der Waals surface area contributed by atoms with Crippen molar-refractivity contribution in [1.82, 2.24) is 10.6 Å². The molecule has 0 spiro atoms. The van der Waals surface area contributed by atoms with E-state index in [9.17, 15) is 4.79 Å². The van der Waals surface area contributed by atoms with Crippen molar-refractivity contribution in [2.45, 2.75) is 13.0 Å². The van der Waals surface area contributed by atoms with Gasteiger partial charge in [0.05, 0.1) is 16.6 Å². The number of hydrogen-bond donors (Lipinski definition) is 2. The summed E-state index contributed by atoms with van der Waals surface area (Å²) in [6.45, 7) is 3.67. The molecule has 1 aliphatic rings. The number of rotatable bonds is 4. The van der Waals surface area contributed by atoms with E-state index in [4.69, 9.17) is 11.6 Å². The van der Waals surface area contributed by atoms with Gasteiger partial charge in [-0.25, -0.2) is 0 Å². The van der Waals surface area contributed by atoms with E-state index in [0.717, 1.165) is 35.0 Å². The Bertz CT molecular complexity index is 1040. The van der Waals surface area contributed by atoms with E-state index in [1.165, 1.54) is 5.57 Å². The molecule has 2 N–H and O–H groups in total. The fraction of sp³-hybridized carbons (Fsp3) is 0.174. The number of carbonyl (C=O) groups is 1. The molecule has 0 radical (unpaired) electrons. The van der Waals surface area contributed by atoms with Crippen LogP contribution in [0.5, 0.6) is 0 Å². The summed E-state index contributed by atoms with van der Waals surface area (Å²) in [6, 6.07) is 19.9. The van der Waals surface area contributed by atoms with E-state index >= 15 is 0 Å². The monoisotopic (exact) mass is 376 g/mol. The highest BCUT2D eigenvalue weighted by Crippen LogP contribution is 2.26. The zero-order chi connectivity index (χ0) is 18.8. The minimum atomic E-state index is -0.158. The molecule has 1 heterocycles. The van der Waals surface area contributed by atoms with Gasteiger partial charge in [0.2, 0.25) is 0 Å². The molecule has 4 rings (SSSR count). The summed E-state index contributed by atoms with van der Waals surface area (Å²) < 4.78 is 0. The van der Waals surface area contributed by atoms with Crippen molar-refractivity contribution in [3.05, 3.63) is 88.5 Å². The SMILES string of the molecule is C[C@@H](NC(=O)c1cc(C2=CCNC2)ccc1Cl)c1cccc2ccccc12. The van der Waals surface area contributed by atoms with Crippen molar-refractivity contribution < 1.29 is 4.79 Å². The second kappa shape index (κ2) is 7.55. The molecule has 3 aromatic rings. The predicted octanol–water partition coefficient (Wildman–Crippen LogP) is 4.97. The third kappa shape index (κ3) is 3.61. The quantitative estimate of drug-likeness (QED) is 0.674. The first kappa shape index (κ1) is 17.8. The van der Waals surface area contributed by atoms with Gasteiger partial charge in [0.1, 0.15) is 0 Å². The van der Waals surface area contributed by atoms with Crippen LogP contribution in [0.1, 0.15) is 34.5 Å². The van der Waals surface area contributed by atoms with Gasteiger partial charge >= 0.3 is 0 Å². The Hall–Kier alpha value is -2.62. The Morgan fingerprint density at radius 1 is 1.11 bits per heavy atom. The van der Waals surface area contributed by atoms with Gasteiger partial charge in [-0.1, -0.05) is 66.2 Å². The van der Waals surface area contributed by atoms with Crippen LogP contribution in [0.15, 0.2) is 66.7 Å². The first-order valence-corrected chi connectivity index (χ1v) is 9.49. The average Bonchev–Trinajstić information content (AvgIpc) is 3.22. The summed E-state index contributed by atoms with van der Waals surface area (Å²) >= 11 is 6.33. The highest BCUT2D eigenvalue weighted by atomic mass is 35.5. The van der Waals surface area contributed by atoms with E-state index in [1.54, 1.807) is 6.07 Å². The van der Waals surface area contributed by atoms with Gasteiger partial charge in [-0.15, -0.1) is 0 Å². The van der Waals surface area contributed by atoms with Crippen molar-refractivity contribution >= 4 is 33.9 Å². The lowest BCUT2D eigenvalue weighted by molar-refractivity contribution is 0.0940. The second-order valence-electron chi connectivity index (χ2n) is 6.82. The number of hydrogen-bond acceptors (Lipinski definition) is 2. The third-order valence-electron chi connectivity index (χ3n) is 5.03. The maximum Gasteiger partial charge on any atom is 0.253 e. The molecule has 27 heavy (non-hydrogen) atoms. The molecule has 4 heteroatoms. The highest BCUT2D eigenvalue weighted by molar-refractivity contribution is 6.34. The fourth-order valence-corrected chi connectivity index (χ4v) is 3.78. The highest BCUT2D eigenvalue weighted by Gasteiger charge is 2.17. The van der Waals surface area contributed by atoms with Crippen LogP contribution in [0.25, 0.3) is 16.3 Å². The Morgan fingerprint density at radius 3 is 2.74 bits per heavy atom. The Kier molecular flexibility index (Phi) is 4.97. The Balaban J connectivity index is 1.61. The van der Waals surface area contributed by atoms with Crippen LogP contribution in [-0.2, 0) is 0 Å². The zero-order valence-corrected chi connectivity index (χ0v) is 15.9. The molecule has 0 bridgehead atoms. The van der Waals surface area contributed by atoms with Crippen LogP contribution >= 0.6 is 11.6 Å². The summed E-state index contributed by atoms with van der Waals surface area (Å²) in [4.78, 5) is 12.9. The number of carbonyl (C=O) groups excluding carboxylic acids is 1. The molecule has 0 unspecified atom stereocenters. The van der Waals surface area contributed by atoms with E-state index in [-0.39, 0.29) is 11.9 Å². The lowest BCUT2D eigenvalue weighted by Gasteiger charge is -2.17. The summed E-state index contributed by atoms with van der Waals surface area (Å²) in [5.74, 6) is -0.158. The molecular weight excluding hydrogens is 356 g/mol. The van der Waals surface area contributed by atoms with E-state index in [0.29, 0.717) is 10.6 Å². The molecule has 0 saturated heterocycles. The fourth-order valence-electron chi connectivity index (χ4n) is 3.57. The third-order valence-corrected chi connectivity index (χ3v) is 5.36. The first-order chi connectivity index (χ1) is 13.1. The van der Waals surface area contributed by atoms with Gasteiger partial charge in [-0.05, 0) is 46.5 Å². The molecule has 1 amide bonds. The Morgan fingerprint density at radius 2 is 1.93 bits per heavy atom. The molecule has 1 atom stereocenters. The molecule has 136 valence electrons. The molecule has 0 aromatic heterocycles. The minimum Gasteiger partial charge on any atom is -0.345 e. The Labute approximate surface area is 164 Å². The van der Waals surface area contributed by atoms with Crippen molar-refractivity contribution in [2.75, 3.05) is 13.1 Å². The van der Waals surface area contributed by atoms with Crippen molar-refractivity contribution in [2.24, 2.45) is 0 Å². The first-order valence-electron chi connectivity index (χ1n) is 9.11. The number of nitrogens with one attached hydrogen (secondary N) is 2. The minimum absolute atomic E-state index is 0.129. The standard InChI is InChI=1S/C23H21ClN2O/c1-15(19-8-4-6-16-5-2-3-7-20(16)19)26-23(27)21-13-17(9-10-22(21)24)18-11-12-25-14-18/h2-11,13,15,25H,12,14H2,1H3,(H,26,27)/t15-/m1/s1. The lowest BCUT2D eigenvalue weighted by atomic mass is 9.99. The van der Waals surface area contributed by atoms with E-state index < -0.39 is 0 Å². The van der Waals surface area contributed by atoms with Crippen molar-refractivity contribution in [3.8, 4) is 0 Å². The average molecular weight is 377 g/mol. The van der Waals surface area contributed by atoms with Gasteiger partial charge in [0.15, 0.2) is 0 Å².